The van der Waals surface area contributed by atoms with Gasteiger partial charge >= 0.3 is 5.76 Å². The second-order valence-electron chi connectivity index (χ2n) is 5.66. The van der Waals surface area contributed by atoms with E-state index in [2.05, 4.69) is 9.71 Å². The van der Waals surface area contributed by atoms with Crippen molar-refractivity contribution in [3.63, 3.8) is 0 Å². The van der Waals surface area contributed by atoms with Gasteiger partial charge in [0.2, 0.25) is 10.0 Å². The molecule has 0 aliphatic heterocycles. The van der Waals surface area contributed by atoms with Crippen molar-refractivity contribution in [2.24, 2.45) is 0 Å². The molecule has 2 aromatic carbocycles. The summed E-state index contributed by atoms with van der Waals surface area (Å²) in [7, 11) is -3.64. The van der Waals surface area contributed by atoms with Gasteiger partial charge in [0.25, 0.3) is 0 Å². The zero-order valence-electron chi connectivity index (χ0n) is 13.3. The summed E-state index contributed by atoms with van der Waals surface area (Å²) in [5, 5.41) is 0.699. The van der Waals surface area contributed by atoms with Crippen molar-refractivity contribution in [2.75, 3.05) is 6.54 Å². The van der Waals surface area contributed by atoms with E-state index < -0.39 is 15.8 Å². The molecule has 1 aromatic heterocycles. The van der Waals surface area contributed by atoms with Crippen LogP contribution in [0.25, 0.3) is 11.1 Å². The Labute approximate surface area is 149 Å². The number of nitrogens with one attached hydrogen (secondary N) is 2. The SMILES string of the molecule is O=c1[nH]c2ccc(S(=O)(=O)NCCCCc3cccc(Cl)c3)cc2o1. The monoisotopic (exact) mass is 380 g/mol. The average molecular weight is 381 g/mol. The molecule has 0 fully saturated rings. The predicted molar refractivity (Wildman–Crippen MR) is 96.4 cm³/mol. The fraction of sp³-hybridized carbons (Fsp3) is 0.235. The molecule has 3 aromatic rings. The molecule has 0 atom stereocenters. The van der Waals surface area contributed by atoms with Gasteiger partial charge < -0.3 is 4.42 Å². The first-order valence-corrected chi connectivity index (χ1v) is 9.67. The average Bonchev–Trinajstić information content (AvgIpc) is 2.93. The number of halogens is 1. The van der Waals surface area contributed by atoms with Gasteiger partial charge in [0.15, 0.2) is 5.58 Å². The van der Waals surface area contributed by atoms with E-state index >= 15 is 0 Å². The molecule has 2 N–H and O–H groups in total. The number of sulfonamides is 1. The topological polar surface area (TPSA) is 92.2 Å². The van der Waals surface area contributed by atoms with Crippen LogP contribution in [0.3, 0.4) is 0 Å². The van der Waals surface area contributed by atoms with Crippen LogP contribution in [0.1, 0.15) is 18.4 Å². The first-order valence-electron chi connectivity index (χ1n) is 7.81. The summed E-state index contributed by atoms with van der Waals surface area (Å²) in [6.07, 6.45) is 2.38. The molecule has 0 saturated heterocycles. The first kappa shape index (κ1) is 17.7. The quantitative estimate of drug-likeness (QED) is 0.616. The predicted octanol–water partition coefficient (Wildman–Crippen LogP) is 3.08. The first-order chi connectivity index (χ1) is 11.9. The van der Waals surface area contributed by atoms with Crippen molar-refractivity contribution in [1.29, 1.82) is 0 Å². The molecule has 0 radical (unpaired) electrons. The summed E-state index contributed by atoms with van der Waals surface area (Å²) in [4.78, 5) is 13.7. The maximum Gasteiger partial charge on any atom is 0.417 e. The summed E-state index contributed by atoms with van der Waals surface area (Å²) in [6, 6.07) is 11.9. The van der Waals surface area contributed by atoms with Gasteiger partial charge in [0.05, 0.1) is 10.4 Å². The fourth-order valence-electron chi connectivity index (χ4n) is 2.53. The number of hydrogen-bond acceptors (Lipinski definition) is 4. The number of aromatic nitrogens is 1. The molecule has 25 heavy (non-hydrogen) atoms. The molecule has 0 saturated carbocycles. The van der Waals surface area contributed by atoms with E-state index in [-0.39, 0.29) is 10.5 Å². The minimum atomic E-state index is -3.64. The van der Waals surface area contributed by atoms with Crippen molar-refractivity contribution >= 4 is 32.7 Å². The van der Waals surface area contributed by atoms with Gasteiger partial charge in [-0.2, -0.15) is 0 Å². The van der Waals surface area contributed by atoms with E-state index in [1.165, 1.54) is 18.2 Å². The Morgan fingerprint density at radius 2 is 1.96 bits per heavy atom. The van der Waals surface area contributed by atoms with Crippen LogP contribution in [0, 0.1) is 0 Å². The van der Waals surface area contributed by atoms with E-state index in [4.69, 9.17) is 16.0 Å². The lowest BCUT2D eigenvalue weighted by molar-refractivity contribution is 0.553. The van der Waals surface area contributed by atoms with Gasteiger partial charge in [-0.15, -0.1) is 0 Å². The molecular formula is C17H17ClN2O4S. The number of aromatic amines is 1. The van der Waals surface area contributed by atoms with Crippen molar-refractivity contribution in [3.8, 4) is 0 Å². The van der Waals surface area contributed by atoms with E-state index in [1.807, 2.05) is 24.3 Å². The molecule has 0 bridgehead atoms. The molecule has 0 spiro atoms. The summed E-state index contributed by atoms with van der Waals surface area (Å²) in [5.41, 5.74) is 1.81. The van der Waals surface area contributed by atoms with Crippen molar-refractivity contribution in [2.45, 2.75) is 24.2 Å². The highest BCUT2D eigenvalue weighted by molar-refractivity contribution is 7.89. The van der Waals surface area contributed by atoms with Crippen molar-refractivity contribution < 1.29 is 12.8 Å². The number of rotatable bonds is 7. The summed E-state index contributed by atoms with van der Waals surface area (Å²) in [5.74, 6) is -0.612. The van der Waals surface area contributed by atoms with Crippen LogP contribution in [0.2, 0.25) is 5.02 Å². The highest BCUT2D eigenvalue weighted by Crippen LogP contribution is 2.17. The largest absolute Gasteiger partial charge is 0.417 e. The number of unbranched alkanes of at least 4 members (excludes halogenated alkanes) is 1. The standard InChI is InChI=1S/C17H17ClN2O4S/c18-13-6-3-5-12(10-13)4-1-2-9-19-25(22,23)14-7-8-15-16(11-14)24-17(21)20-15/h3,5-8,10-11,19H,1-2,4,9H2,(H,20,21). The molecule has 1 heterocycles. The number of aryl methyl sites for hydroxylation is 1. The van der Waals surface area contributed by atoms with Gasteiger partial charge in [-0.25, -0.2) is 17.9 Å². The highest BCUT2D eigenvalue weighted by Gasteiger charge is 2.15. The number of hydrogen-bond donors (Lipinski definition) is 2. The Morgan fingerprint density at radius 3 is 2.76 bits per heavy atom. The normalized spacial score (nSPS) is 11.9. The van der Waals surface area contributed by atoms with Gasteiger partial charge in [0.1, 0.15) is 0 Å². The van der Waals surface area contributed by atoms with E-state index in [1.54, 1.807) is 0 Å². The van der Waals surface area contributed by atoms with Crippen LogP contribution in [0.15, 0.2) is 56.6 Å². The molecule has 0 aliphatic rings. The number of oxazole rings is 1. The molecular weight excluding hydrogens is 364 g/mol. The maximum atomic E-state index is 12.3. The molecule has 0 aliphatic carbocycles. The van der Waals surface area contributed by atoms with E-state index in [0.717, 1.165) is 18.4 Å². The molecule has 3 rings (SSSR count). The van der Waals surface area contributed by atoms with E-state index in [9.17, 15) is 13.2 Å². The van der Waals surface area contributed by atoms with E-state index in [0.29, 0.717) is 23.5 Å². The van der Waals surface area contributed by atoms with Gasteiger partial charge in [-0.05, 0) is 49.1 Å². The minimum Gasteiger partial charge on any atom is -0.408 e. The van der Waals surface area contributed by atoms with Crippen molar-refractivity contribution in [1.82, 2.24) is 9.71 Å². The second-order valence-corrected chi connectivity index (χ2v) is 7.86. The molecule has 0 unspecified atom stereocenters. The Balaban J connectivity index is 1.55. The third-order valence-electron chi connectivity index (χ3n) is 3.78. The Morgan fingerprint density at radius 1 is 1.12 bits per heavy atom. The number of fused-ring (bicyclic) bond motifs is 1. The second kappa shape index (κ2) is 7.43. The third kappa shape index (κ3) is 4.50. The Kier molecular flexibility index (Phi) is 5.27. The lowest BCUT2D eigenvalue weighted by Crippen LogP contribution is -2.24. The zero-order valence-corrected chi connectivity index (χ0v) is 14.9. The lowest BCUT2D eigenvalue weighted by atomic mass is 10.1. The number of benzene rings is 2. The highest BCUT2D eigenvalue weighted by atomic mass is 35.5. The minimum absolute atomic E-state index is 0.0672. The molecule has 0 amide bonds. The zero-order chi connectivity index (χ0) is 17.9. The smallest absolute Gasteiger partial charge is 0.408 e. The van der Waals surface area contributed by atoms with Gasteiger partial charge in [-0.1, -0.05) is 23.7 Å². The van der Waals surface area contributed by atoms with Crippen LogP contribution in [0.4, 0.5) is 0 Å². The third-order valence-corrected chi connectivity index (χ3v) is 5.47. The van der Waals surface area contributed by atoms with Crippen LogP contribution < -0.4 is 10.5 Å². The summed E-state index contributed by atoms with van der Waals surface area (Å²) in [6.45, 7) is 0.331. The Bertz CT molecular complexity index is 1040. The van der Waals surface area contributed by atoms with Gasteiger partial charge in [-0.3, -0.25) is 4.98 Å². The fourth-order valence-corrected chi connectivity index (χ4v) is 3.83. The summed E-state index contributed by atoms with van der Waals surface area (Å²) < 4.78 is 32.1. The van der Waals surface area contributed by atoms with Gasteiger partial charge in [0, 0.05) is 17.6 Å². The maximum absolute atomic E-state index is 12.3. The lowest BCUT2D eigenvalue weighted by Gasteiger charge is -2.07. The molecule has 8 heteroatoms. The number of H-pyrrole nitrogens is 1. The van der Waals surface area contributed by atoms with Crippen molar-refractivity contribution in [3.05, 3.63) is 63.6 Å². The molecule has 6 nitrogen and oxygen atoms in total. The van der Waals surface area contributed by atoms with Crippen LogP contribution in [0.5, 0.6) is 0 Å². The van der Waals surface area contributed by atoms with Crippen LogP contribution in [-0.2, 0) is 16.4 Å². The molecule has 132 valence electrons. The summed E-state index contributed by atoms with van der Waals surface area (Å²) >= 11 is 5.93. The van der Waals surface area contributed by atoms with Crippen LogP contribution >= 0.6 is 11.6 Å². The van der Waals surface area contributed by atoms with Crippen LogP contribution in [-0.4, -0.2) is 19.9 Å². The Hall–Kier alpha value is -2.09.